The second kappa shape index (κ2) is 13.2. The van der Waals surface area contributed by atoms with E-state index in [0.29, 0.717) is 12.1 Å². The molecule has 1 aliphatic rings. The van der Waals surface area contributed by atoms with Gasteiger partial charge in [0.25, 0.3) is 0 Å². The largest absolute Gasteiger partial charge is 0.381 e. The smallest absolute Gasteiger partial charge is 0.191 e. The fraction of sp³-hybridized carbons (Fsp3) is 0.941. The molecule has 0 bridgehead atoms. The van der Waals surface area contributed by atoms with Crippen molar-refractivity contribution >= 4 is 29.9 Å². The number of rotatable bonds is 11. The third-order valence-electron chi connectivity index (χ3n) is 4.02. The second-order valence-electron chi connectivity index (χ2n) is 6.72. The van der Waals surface area contributed by atoms with Crippen molar-refractivity contribution in [3.05, 3.63) is 0 Å². The lowest BCUT2D eigenvalue weighted by molar-refractivity contribution is 0.123. The molecule has 5 nitrogen and oxygen atoms in total. The fourth-order valence-corrected chi connectivity index (χ4v) is 2.55. The maximum Gasteiger partial charge on any atom is 0.191 e. The van der Waals surface area contributed by atoms with Gasteiger partial charge in [-0.3, -0.25) is 9.89 Å². The Hall–Kier alpha value is -0.0800. The second-order valence-corrected chi connectivity index (χ2v) is 6.72. The minimum Gasteiger partial charge on any atom is -0.381 e. The van der Waals surface area contributed by atoms with E-state index in [4.69, 9.17) is 4.74 Å². The summed E-state index contributed by atoms with van der Waals surface area (Å²) in [6.45, 7) is 13.6. The average Bonchev–Trinajstić information content (AvgIpc) is 3.28. The molecule has 0 aromatic heterocycles. The number of hydrogen-bond acceptors (Lipinski definition) is 3. The van der Waals surface area contributed by atoms with Crippen molar-refractivity contribution in [3.8, 4) is 0 Å². The van der Waals surface area contributed by atoms with Gasteiger partial charge in [0.2, 0.25) is 0 Å². The summed E-state index contributed by atoms with van der Waals surface area (Å²) >= 11 is 0. The molecule has 0 aromatic carbocycles. The van der Waals surface area contributed by atoms with Gasteiger partial charge in [-0.15, -0.1) is 24.0 Å². The third kappa shape index (κ3) is 11.2. The van der Waals surface area contributed by atoms with Crippen molar-refractivity contribution in [2.24, 2.45) is 10.9 Å². The minimum atomic E-state index is 0. The lowest BCUT2D eigenvalue weighted by atomic mass is 10.2. The highest BCUT2D eigenvalue weighted by Crippen LogP contribution is 2.28. The van der Waals surface area contributed by atoms with Crippen molar-refractivity contribution in [1.82, 2.24) is 15.5 Å². The van der Waals surface area contributed by atoms with Gasteiger partial charge in [-0.1, -0.05) is 0 Å². The van der Waals surface area contributed by atoms with Crippen molar-refractivity contribution in [2.45, 2.75) is 59.0 Å². The van der Waals surface area contributed by atoms with E-state index < -0.39 is 0 Å². The molecule has 0 unspecified atom stereocenters. The monoisotopic (exact) mass is 440 g/mol. The van der Waals surface area contributed by atoms with Gasteiger partial charge < -0.3 is 15.4 Å². The minimum absolute atomic E-state index is 0. The Labute approximate surface area is 160 Å². The molecule has 0 aliphatic heterocycles. The summed E-state index contributed by atoms with van der Waals surface area (Å²) < 4.78 is 5.63. The van der Waals surface area contributed by atoms with Crippen LogP contribution in [0.3, 0.4) is 0 Å². The molecule has 1 rings (SSSR count). The standard InChI is InChI=1S/C17H36N4O.HI/c1-14(2)21(15(3)4)11-10-20-17(18-5)19-9-6-12-22-13-16-7-8-16;/h14-16H,6-13H2,1-5H3,(H2,18,19,20);1H. The SMILES string of the molecule is CN=C(NCCCOCC1CC1)NCCN(C(C)C)C(C)C.I. The van der Waals surface area contributed by atoms with Crippen LogP contribution in [-0.4, -0.2) is 62.8 Å². The van der Waals surface area contributed by atoms with Crippen molar-refractivity contribution in [1.29, 1.82) is 0 Å². The first-order valence-corrected chi connectivity index (χ1v) is 8.82. The first-order chi connectivity index (χ1) is 10.5. The molecule has 0 atom stereocenters. The van der Waals surface area contributed by atoms with E-state index >= 15 is 0 Å². The number of halogens is 1. The highest BCUT2D eigenvalue weighted by molar-refractivity contribution is 14.0. The van der Waals surface area contributed by atoms with Gasteiger partial charge in [0.05, 0.1) is 0 Å². The van der Waals surface area contributed by atoms with Crippen LogP contribution < -0.4 is 10.6 Å². The maximum atomic E-state index is 5.63. The predicted octanol–water partition coefficient (Wildman–Crippen LogP) is 2.70. The number of hydrogen-bond donors (Lipinski definition) is 2. The average molecular weight is 440 g/mol. The Kier molecular flexibility index (Phi) is 13.2. The number of nitrogens with one attached hydrogen (secondary N) is 2. The van der Waals surface area contributed by atoms with E-state index in [1.54, 1.807) is 0 Å². The molecule has 0 aromatic rings. The maximum absolute atomic E-state index is 5.63. The van der Waals surface area contributed by atoms with Crippen LogP contribution in [0, 0.1) is 5.92 Å². The third-order valence-corrected chi connectivity index (χ3v) is 4.02. The van der Waals surface area contributed by atoms with Gasteiger partial charge in [0, 0.05) is 52.0 Å². The Morgan fingerprint density at radius 3 is 2.26 bits per heavy atom. The predicted molar refractivity (Wildman–Crippen MR) is 110 cm³/mol. The van der Waals surface area contributed by atoms with Crippen molar-refractivity contribution in [2.75, 3.05) is 39.9 Å². The zero-order valence-corrected chi connectivity index (χ0v) is 17.9. The van der Waals surface area contributed by atoms with Gasteiger partial charge in [-0.2, -0.15) is 0 Å². The Balaban J connectivity index is 0.00000484. The van der Waals surface area contributed by atoms with E-state index in [1.807, 2.05) is 7.05 Å². The highest BCUT2D eigenvalue weighted by atomic mass is 127. The van der Waals surface area contributed by atoms with E-state index in [1.165, 1.54) is 12.8 Å². The molecule has 138 valence electrons. The van der Waals surface area contributed by atoms with Gasteiger partial charge in [0.1, 0.15) is 0 Å². The summed E-state index contributed by atoms with van der Waals surface area (Å²) in [7, 11) is 1.82. The van der Waals surface area contributed by atoms with Crippen molar-refractivity contribution in [3.63, 3.8) is 0 Å². The Bertz CT molecular complexity index is 312. The van der Waals surface area contributed by atoms with E-state index in [2.05, 4.69) is 48.2 Å². The highest BCUT2D eigenvalue weighted by Gasteiger charge is 2.20. The van der Waals surface area contributed by atoms with Gasteiger partial charge >= 0.3 is 0 Å². The molecule has 0 spiro atoms. The van der Waals surface area contributed by atoms with Gasteiger partial charge in [-0.05, 0) is 52.9 Å². The van der Waals surface area contributed by atoms with Crippen LogP contribution in [0.5, 0.6) is 0 Å². The molecular weight excluding hydrogens is 403 g/mol. The molecule has 6 heteroatoms. The molecule has 0 heterocycles. The number of ether oxygens (including phenoxy) is 1. The van der Waals surface area contributed by atoms with Crippen LogP contribution in [-0.2, 0) is 4.74 Å². The summed E-state index contributed by atoms with van der Waals surface area (Å²) in [5, 5.41) is 6.73. The van der Waals surface area contributed by atoms with E-state index in [-0.39, 0.29) is 24.0 Å². The summed E-state index contributed by atoms with van der Waals surface area (Å²) in [5.74, 6) is 1.74. The van der Waals surface area contributed by atoms with Gasteiger partial charge in [0.15, 0.2) is 5.96 Å². The molecule has 1 aliphatic carbocycles. The van der Waals surface area contributed by atoms with Crippen LogP contribution in [0.4, 0.5) is 0 Å². The summed E-state index contributed by atoms with van der Waals surface area (Å²) in [6.07, 6.45) is 3.74. The van der Waals surface area contributed by atoms with Crippen LogP contribution in [0.25, 0.3) is 0 Å². The Morgan fingerprint density at radius 1 is 1.13 bits per heavy atom. The van der Waals surface area contributed by atoms with Gasteiger partial charge in [-0.25, -0.2) is 0 Å². The van der Waals surface area contributed by atoms with Crippen LogP contribution in [0.1, 0.15) is 47.0 Å². The summed E-state index contributed by atoms with van der Waals surface area (Å²) in [4.78, 5) is 6.74. The normalized spacial score (nSPS) is 15.2. The number of guanidine groups is 1. The van der Waals surface area contributed by atoms with E-state index in [0.717, 1.165) is 51.1 Å². The van der Waals surface area contributed by atoms with Crippen LogP contribution in [0.2, 0.25) is 0 Å². The number of aliphatic imine (C=N–C) groups is 1. The summed E-state index contributed by atoms with van der Waals surface area (Å²) in [5.41, 5.74) is 0. The zero-order valence-electron chi connectivity index (χ0n) is 15.6. The number of nitrogens with zero attached hydrogens (tertiary/aromatic N) is 2. The Morgan fingerprint density at radius 2 is 1.74 bits per heavy atom. The zero-order chi connectivity index (χ0) is 16.4. The summed E-state index contributed by atoms with van der Waals surface area (Å²) in [6, 6.07) is 1.14. The van der Waals surface area contributed by atoms with Crippen LogP contribution >= 0.6 is 24.0 Å². The topological polar surface area (TPSA) is 48.9 Å². The molecule has 1 fully saturated rings. The lowest BCUT2D eigenvalue weighted by Crippen LogP contribution is -2.45. The van der Waals surface area contributed by atoms with Crippen molar-refractivity contribution < 1.29 is 4.74 Å². The molecule has 0 amide bonds. The van der Waals surface area contributed by atoms with Crippen LogP contribution in [0.15, 0.2) is 4.99 Å². The molecule has 0 radical (unpaired) electrons. The first kappa shape index (κ1) is 22.9. The van der Waals surface area contributed by atoms with E-state index in [9.17, 15) is 0 Å². The molecule has 1 saturated carbocycles. The molecule has 0 saturated heterocycles. The molecular formula is C17H37IN4O. The molecule has 23 heavy (non-hydrogen) atoms. The fourth-order valence-electron chi connectivity index (χ4n) is 2.55. The first-order valence-electron chi connectivity index (χ1n) is 8.82. The quantitative estimate of drug-likeness (QED) is 0.225. The lowest BCUT2D eigenvalue weighted by Gasteiger charge is -2.30. The molecule has 2 N–H and O–H groups in total.